The molecule has 1 aliphatic rings. The van der Waals surface area contributed by atoms with Gasteiger partial charge in [-0.25, -0.2) is 8.42 Å². The van der Waals surface area contributed by atoms with Gasteiger partial charge in [-0.15, -0.1) is 0 Å². The van der Waals surface area contributed by atoms with E-state index in [-0.39, 0.29) is 12.5 Å². The van der Waals surface area contributed by atoms with Gasteiger partial charge < -0.3 is 5.11 Å². The molecule has 0 bridgehead atoms. The summed E-state index contributed by atoms with van der Waals surface area (Å²) in [4.78, 5) is 0. The summed E-state index contributed by atoms with van der Waals surface area (Å²) in [5.41, 5.74) is 0.878. The zero-order chi connectivity index (χ0) is 13.3. The molecule has 0 amide bonds. The van der Waals surface area contributed by atoms with Crippen molar-refractivity contribution in [2.24, 2.45) is 0 Å². The molecule has 0 aliphatic carbocycles. The molecule has 1 aromatic rings. The topological polar surface area (TPSA) is 81.4 Å². The largest absolute Gasteiger partial charge is 0.395 e. The van der Waals surface area contributed by atoms with Crippen LogP contribution in [-0.2, 0) is 10.0 Å². The molecule has 0 spiro atoms. The van der Waals surface area contributed by atoms with Crippen molar-refractivity contribution in [3.05, 3.63) is 35.9 Å². The molecule has 1 saturated heterocycles. The fourth-order valence-electron chi connectivity index (χ4n) is 2.49. The van der Waals surface area contributed by atoms with E-state index in [1.807, 2.05) is 36.4 Å². The van der Waals surface area contributed by atoms with Crippen molar-refractivity contribution in [2.75, 3.05) is 12.9 Å². The molecule has 96 valence electrons. The first kappa shape index (κ1) is 13.0. The van der Waals surface area contributed by atoms with Crippen molar-refractivity contribution in [3.8, 4) is 6.07 Å². The van der Waals surface area contributed by atoms with E-state index in [0.29, 0.717) is 0 Å². The number of sulfonamides is 1. The Morgan fingerprint density at radius 3 is 2.44 bits per heavy atom. The highest BCUT2D eigenvalue weighted by Crippen LogP contribution is 2.41. The number of rotatable bonds is 3. The lowest BCUT2D eigenvalue weighted by Crippen LogP contribution is -2.64. The van der Waals surface area contributed by atoms with Crippen LogP contribution in [0, 0.1) is 11.3 Å². The quantitative estimate of drug-likeness (QED) is 0.853. The van der Waals surface area contributed by atoms with Gasteiger partial charge in [0.05, 0.1) is 25.0 Å². The van der Waals surface area contributed by atoms with Gasteiger partial charge in [0, 0.05) is 5.92 Å². The van der Waals surface area contributed by atoms with Crippen LogP contribution in [0.2, 0.25) is 0 Å². The van der Waals surface area contributed by atoms with Crippen LogP contribution < -0.4 is 0 Å². The van der Waals surface area contributed by atoms with E-state index < -0.39 is 22.1 Å². The molecule has 3 atom stereocenters. The predicted molar refractivity (Wildman–Crippen MR) is 66.1 cm³/mol. The smallest absolute Gasteiger partial charge is 0.212 e. The van der Waals surface area contributed by atoms with Crippen molar-refractivity contribution in [2.45, 2.75) is 18.0 Å². The van der Waals surface area contributed by atoms with E-state index in [1.165, 1.54) is 0 Å². The normalized spacial score (nSPS) is 28.4. The molecule has 5 nitrogen and oxygen atoms in total. The summed E-state index contributed by atoms with van der Waals surface area (Å²) in [6, 6.07) is 9.93. The summed E-state index contributed by atoms with van der Waals surface area (Å²) < 4.78 is 24.3. The zero-order valence-electron chi connectivity index (χ0n) is 9.89. The van der Waals surface area contributed by atoms with Gasteiger partial charge in [-0.3, -0.25) is 0 Å². The first-order chi connectivity index (χ1) is 8.50. The van der Waals surface area contributed by atoms with Gasteiger partial charge in [-0.1, -0.05) is 30.3 Å². The molecule has 0 unspecified atom stereocenters. The maximum atomic E-state index is 11.6. The lowest BCUT2D eigenvalue weighted by molar-refractivity contribution is 0.0564. The Morgan fingerprint density at radius 2 is 2.00 bits per heavy atom. The van der Waals surface area contributed by atoms with E-state index in [1.54, 1.807) is 0 Å². The fraction of sp³-hybridized carbons (Fsp3) is 0.417. The Bertz CT molecular complexity index is 565. The lowest BCUT2D eigenvalue weighted by atomic mass is 9.78. The van der Waals surface area contributed by atoms with Crippen molar-refractivity contribution >= 4 is 10.0 Å². The second-order valence-electron chi connectivity index (χ2n) is 4.35. The number of nitrogens with zero attached hydrogens (tertiary/aromatic N) is 2. The van der Waals surface area contributed by atoms with Crippen LogP contribution in [-0.4, -0.2) is 42.8 Å². The van der Waals surface area contributed by atoms with Gasteiger partial charge in [0.25, 0.3) is 0 Å². The predicted octanol–water partition coefficient (Wildman–Crippen LogP) is 0.298. The molecule has 0 radical (unpaired) electrons. The second-order valence-corrected chi connectivity index (χ2v) is 6.24. The monoisotopic (exact) mass is 266 g/mol. The fourth-order valence-corrected chi connectivity index (χ4v) is 3.78. The number of aliphatic hydroxyl groups is 1. The molecule has 1 aromatic carbocycles. The highest BCUT2D eigenvalue weighted by atomic mass is 32.2. The van der Waals surface area contributed by atoms with Crippen LogP contribution in [0.4, 0.5) is 0 Å². The molecule has 1 aliphatic heterocycles. The summed E-state index contributed by atoms with van der Waals surface area (Å²) in [6.07, 6.45) is 1.06. The number of aliphatic hydroxyl groups excluding tert-OH is 1. The Morgan fingerprint density at radius 1 is 1.39 bits per heavy atom. The summed E-state index contributed by atoms with van der Waals surface area (Å²) in [5.74, 6) is -0.268. The molecule has 0 aromatic heterocycles. The Labute approximate surface area is 106 Å². The Kier molecular flexibility index (Phi) is 3.39. The third-order valence-corrected chi connectivity index (χ3v) is 4.51. The van der Waals surface area contributed by atoms with Crippen molar-refractivity contribution in [1.82, 2.24) is 4.31 Å². The van der Waals surface area contributed by atoms with Crippen LogP contribution in [0.1, 0.15) is 11.5 Å². The summed E-state index contributed by atoms with van der Waals surface area (Å²) in [7, 11) is -3.48. The van der Waals surface area contributed by atoms with E-state index in [4.69, 9.17) is 5.26 Å². The van der Waals surface area contributed by atoms with E-state index >= 15 is 0 Å². The minimum absolute atomic E-state index is 0.268. The molecule has 1 N–H and O–H groups in total. The minimum atomic E-state index is -3.48. The van der Waals surface area contributed by atoms with Gasteiger partial charge in [-0.2, -0.15) is 9.57 Å². The third-order valence-electron chi connectivity index (χ3n) is 3.24. The van der Waals surface area contributed by atoms with Gasteiger partial charge in [0.15, 0.2) is 0 Å². The number of benzene rings is 1. The van der Waals surface area contributed by atoms with Crippen LogP contribution in [0.25, 0.3) is 0 Å². The standard InChI is InChI=1S/C12H14N2O3S/c1-18(16,17)14-10(7-13)12(11(14)8-15)9-5-3-2-4-6-9/h2-6,10-12,15H,8H2,1H3/t10-,11-,12-/m0/s1. The Balaban J connectivity index is 2.37. The van der Waals surface area contributed by atoms with Gasteiger partial charge in [0.2, 0.25) is 10.0 Å². The van der Waals surface area contributed by atoms with Gasteiger partial charge in [0.1, 0.15) is 6.04 Å². The number of hydrogen-bond acceptors (Lipinski definition) is 4. The summed E-state index contributed by atoms with van der Waals surface area (Å²) in [5, 5.41) is 18.5. The molecular weight excluding hydrogens is 252 g/mol. The first-order valence-corrected chi connectivity index (χ1v) is 7.39. The molecular formula is C12H14N2O3S. The number of nitriles is 1. The maximum Gasteiger partial charge on any atom is 0.212 e. The number of hydrogen-bond donors (Lipinski definition) is 1. The zero-order valence-corrected chi connectivity index (χ0v) is 10.7. The highest BCUT2D eigenvalue weighted by Gasteiger charge is 2.53. The van der Waals surface area contributed by atoms with Crippen LogP contribution in [0.3, 0.4) is 0 Å². The summed E-state index contributed by atoms with van der Waals surface area (Å²) in [6.45, 7) is -0.287. The lowest BCUT2D eigenvalue weighted by Gasteiger charge is -2.49. The first-order valence-electron chi connectivity index (χ1n) is 5.54. The van der Waals surface area contributed by atoms with Gasteiger partial charge in [-0.05, 0) is 5.56 Å². The van der Waals surface area contributed by atoms with Gasteiger partial charge >= 0.3 is 0 Å². The average Bonchev–Trinajstić information content (AvgIpc) is 2.28. The van der Waals surface area contributed by atoms with E-state index in [2.05, 4.69) is 0 Å². The van der Waals surface area contributed by atoms with Crippen molar-refractivity contribution < 1.29 is 13.5 Å². The highest BCUT2D eigenvalue weighted by molar-refractivity contribution is 7.88. The average molecular weight is 266 g/mol. The molecule has 0 saturated carbocycles. The van der Waals surface area contributed by atoms with E-state index in [9.17, 15) is 13.5 Å². The van der Waals surface area contributed by atoms with E-state index in [0.717, 1.165) is 16.1 Å². The molecule has 6 heteroatoms. The SMILES string of the molecule is CS(=O)(=O)N1[C@@H](C#N)[C@H](c2ccccc2)[C@@H]1CO. The maximum absolute atomic E-state index is 11.6. The van der Waals surface area contributed by atoms with Crippen LogP contribution >= 0.6 is 0 Å². The third kappa shape index (κ3) is 2.01. The summed E-state index contributed by atoms with van der Waals surface area (Å²) >= 11 is 0. The van der Waals surface area contributed by atoms with Crippen molar-refractivity contribution in [3.63, 3.8) is 0 Å². The minimum Gasteiger partial charge on any atom is -0.395 e. The second kappa shape index (κ2) is 4.69. The molecule has 18 heavy (non-hydrogen) atoms. The molecule has 1 heterocycles. The van der Waals surface area contributed by atoms with Crippen molar-refractivity contribution in [1.29, 1.82) is 5.26 Å². The molecule has 2 rings (SSSR count). The van der Waals surface area contributed by atoms with Crippen LogP contribution in [0.5, 0.6) is 0 Å². The Hall–Kier alpha value is -1.42. The van der Waals surface area contributed by atoms with Crippen LogP contribution in [0.15, 0.2) is 30.3 Å². The molecule has 1 fully saturated rings.